The number of amides is 1. The molecule has 0 aliphatic rings. The van der Waals surface area contributed by atoms with Gasteiger partial charge in [0.05, 0.1) is 34.8 Å². The molecule has 168 valence electrons. The van der Waals surface area contributed by atoms with Crippen LogP contribution in [0.1, 0.15) is 0 Å². The van der Waals surface area contributed by atoms with Crippen LogP contribution in [0, 0.1) is 0 Å². The topological polar surface area (TPSA) is 84.9 Å². The fourth-order valence-electron chi connectivity index (χ4n) is 2.92. The molecule has 0 saturated carbocycles. The van der Waals surface area contributed by atoms with E-state index in [1.165, 1.54) is 44.6 Å². The Kier molecular flexibility index (Phi) is 7.50. The largest absolute Gasteiger partial charge is 0.493 e. The molecular weight excluding hydrogens is 475 g/mol. The van der Waals surface area contributed by atoms with Crippen molar-refractivity contribution in [3.8, 4) is 11.5 Å². The van der Waals surface area contributed by atoms with Gasteiger partial charge < -0.3 is 14.8 Å². The summed E-state index contributed by atoms with van der Waals surface area (Å²) in [6.45, 7) is -0.471. The second-order valence-electron chi connectivity index (χ2n) is 6.54. The lowest BCUT2D eigenvalue weighted by Gasteiger charge is -2.24. The van der Waals surface area contributed by atoms with E-state index in [2.05, 4.69) is 5.32 Å². The first-order valence-electron chi connectivity index (χ1n) is 9.31. The zero-order chi connectivity index (χ0) is 23.3. The average molecular weight is 495 g/mol. The highest BCUT2D eigenvalue weighted by atomic mass is 35.5. The van der Waals surface area contributed by atoms with Crippen molar-refractivity contribution in [1.82, 2.24) is 0 Å². The second kappa shape index (κ2) is 10.1. The lowest BCUT2D eigenvalue weighted by atomic mass is 10.3. The van der Waals surface area contributed by atoms with Gasteiger partial charge in [0.2, 0.25) is 5.91 Å². The zero-order valence-electron chi connectivity index (χ0n) is 17.2. The fraction of sp³-hybridized carbons (Fsp3) is 0.136. The molecule has 1 N–H and O–H groups in total. The van der Waals surface area contributed by atoms with E-state index >= 15 is 0 Å². The Morgan fingerprint density at radius 2 is 1.59 bits per heavy atom. The molecule has 1 amide bonds. The number of sulfonamides is 1. The molecule has 0 saturated heterocycles. The first-order chi connectivity index (χ1) is 15.3. The summed E-state index contributed by atoms with van der Waals surface area (Å²) in [5, 5.41) is 3.25. The van der Waals surface area contributed by atoms with E-state index in [1.54, 1.807) is 36.4 Å². The van der Waals surface area contributed by atoms with Crippen molar-refractivity contribution >= 4 is 50.5 Å². The van der Waals surface area contributed by atoms with Crippen LogP contribution >= 0.6 is 23.2 Å². The van der Waals surface area contributed by atoms with E-state index in [0.29, 0.717) is 22.1 Å². The fourth-order valence-corrected chi connectivity index (χ4v) is 4.65. The van der Waals surface area contributed by atoms with Gasteiger partial charge in [-0.3, -0.25) is 9.10 Å². The maximum Gasteiger partial charge on any atom is 0.264 e. The van der Waals surface area contributed by atoms with Crippen molar-refractivity contribution in [1.29, 1.82) is 0 Å². The maximum absolute atomic E-state index is 13.5. The molecule has 0 unspecified atom stereocenters. The Bertz CT molecular complexity index is 1220. The number of carbonyl (C=O) groups excluding carboxylic acids is 1. The third-order valence-corrected chi connectivity index (χ3v) is 6.99. The van der Waals surface area contributed by atoms with Gasteiger partial charge in [-0.2, -0.15) is 0 Å². The molecule has 0 spiro atoms. The van der Waals surface area contributed by atoms with Crippen molar-refractivity contribution in [2.24, 2.45) is 0 Å². The van der Waals surface area contributed by atoms with E-state index in [1.807, 2.05) is 0 Å². The van der Waals surface area contributed by atoms with Gasteiger partial charge in [-0.05, 0) is 42.5 Å². The minimum Gasteiger partial charge on any atom is -0.493 e. The quantitative estimate of drug-likeness (QED) is 0.483. The summed E-state index contributed by atoms with van der Waals surface area (Å²) < 4.78 is 38.4. The molecule has 0 aliphatic heterocycles. The third-order valence-electron chi connectivity index (χ3n) is 4.48. The van der Waals surface area contributed by atoms with Crippen molar-refractivity contribution in [2.75, 3.05) is 30.4 Å². The van der Waals surface area contributed by atoms with Gasteiger partial charge in [-0.1, -0.05) is 41.4 Å². The van der Waals surface area contributed by atoms with Crippen LogP contribution in [-0.4, -0.2) is 35.1 Å². The molecule has 0 heterocycles. The first kappa shape index (κ1) is 23.7. The van der Waals surface area contributed by atoms with Crippen molar-refractivity contribution in [2.45, 2.75) is 4.90 Å². The number of anilines is 2. The van der Waals surface area contributed by atoms with Gasteiger partial charge in [0, 0.05) is 11.8 Å². The highest BCUT2D eigenvalue weighted by Crippen LogP contribution is 2.32. The molecule has 0 bridgehead atoms. The number of nitrogens with zero attached hydrogens (tertiary/aromatic N) is 1. The highest BCUT2D eigenvalue weighted by Gasteiger charge is 2.28. The molecule has 0 atom stereocenters. The zero-order valence-corrected chi connectivity index (χ0v) is 19.5. The van der Waals surface area contributed by atoms with Gasteiger partial charge in [-0.25, -0.2) is 8.42 Å². The molecule has 10 heteroatoms. The molecular formula is C22H20Cl2N2O5S. The van der Waals surface area contributed by atoms with Crippen LogP contribution in [0.4, 0.5) is 11.4 Å². The first-order valence-corrected chi connectivity index (χ1v) is 11.5. The molecule has 0 fully saturated rings. The minimum atomic E-state index is -4.12. The molecule has 3 aromatic carbocycles. The molecule has 32 heavy (non-hydrogen) atoms. The Morgan fingerprint density at radius 1 is 0.906 bits per heavy atom. The smallest absolute Gasteiger partial charge is 0.264 e. The molecule has 0 aliphatic carbocycles. The van der Waals surface area contributed by atoms with Crippen LogP contribution in [0.15, 0.2) is 71.6 Å². The third kappa shape index (κ3) is 5.27. The number of rotatable bonds is 8. The van der Waals surface area contributed by atoms with Gasteiger partial charge in [-0.15, -0.1) is 0 Å². The van der Waals surface area contributed by atoms with Crippen LogP contribution < -0.4 is 19.1 Å². The standard InChI is InChI=1S/C22H20Cl2N2O5S/c1-30-20-11-9-17(13-21(20)31-2)32(28,29)26(16-6-4-3-5-7-16)14-22(27)25-15-8-10-18(23)19(24)12-15/h3-13H,14H2,1-2H3,(H,25,27). The molecule has 0 radical (unpaired) electrons. The lowest BCUT2D eigenvalue weighted by Crippen LogP contribution is -2.38. The summed E-state index contributed by atoms with van der Waals surface area (Å²) in [6.07, 6.45) is 0. The van der Waals surface area contributed by atoms with Crippen LogP contribution in [-0.2, 0) is 14.8 Å². The van der Waals surface area contributed by atoms with Crippen molar-refractivity contribution < 1.29 is 22.7 Å². The number of benzene rings is 3. The maximum atomic E-state index is 13.5. The van der Waals surface area contributed by atoms with E-state index in [9.17, 15) is 13.2 Å². The van der Waals surface area contributed by atoms with Crippen LogP contribution in [0.5, 0.6) is 11.5 Å². The van der Waals surface area contributed by atoms with Crippen molar-refractivity contribution in [3.63, 3.8) is 0 Å². The summed E-state index contributed by atoms with van der Waals surface area (Å²) in [4.78, 5) is 12.7. The van der Waals surface area contributed by atoms with Crippen LogP contribution in [0.25, 0.3) is 0 Å². The van der Waals surface area contributed by atoms with Gasteiger partial charge in [0.1, 0.15) is 6.54 Å². The molecule has 3 rings (SSSR count). The summed E-state index contributed by atoms with van der Waals surface area (Å²) in [5.74, 6) is 0.0770. The Labute approximate surface area is 196 Å². The van der Waals surface area contributed by atoms with E-state index in [4.69, 9.17) is 32.7 Å². The van der Waals surface area contributed by atoms with E-state index in [-0.39, 0.29) is 15.7 Å². The number of carbonyl (C=O) groups is 1. The lowest BCUT2D eigenvalue weighted by molar-refractivity contribution is -0.114. The SMILES string of the molecule is COc1ccc(S(=O)(=O)N(CC(=O)Nc2ccc(Cl)c(Cl)c2)c2ccccc2)cc1OC. The normalized spacial score (nSPS) is 11.0. The van der Waals surface area contributed by atoms with Gasteiger partial charge in [0.25, 0.3) is 10.0 Å². The predicted molar refractivity (Wildman–Crippen MR) is 126 cm³/mol. The number of hydrogen-bond donors (Lipinski definition) is 1. The monoisotopic (exact) mass is 494 g/mol. The number of methoxy groups -OCH3 is 2. The Balaban J connectivity index is 1.95. The number of para-hydroxylation sites is 1. The van der Waals surface area contributed by atoms with Crippen LogP contribution in [0.3, 0.4) is 0 Å². The summed E-state index contributed by atoms with van der Waals surface area (Å²) in [7, 11) is -1.26. The second-order valence-corrected chi connectivity index (χ2v) is 9.22. The summed E-state index contributed by atoms with van der Waals surface area (Å²) >= 11 is 11.9. The summed E-state index contributed by atoms with van der Waals surface area (Å²) in [5.41, 5.74) is 0.715. The predicted octanol–water partition coefficient (Wildman–Crippen LogP) is 4.84. The molecule has 7 nitrogen and oxygen atoms in total. The van der Waals surface area contributed by atoms with Crippen molar-refractivity contribution in [3.05, 3.63) is 76.8 Å². The minimum absolute atomic E-state index is 0.0543. The average Bonchev–Trinajstić information content (AvgIpc) is 2.79. The number of halogens is 2. The number of ether oxygens (including phenoxy) is 2. The van der Waals surface area contributed by atoms with Crippen LogP contribution in [0.2, 0.25) is 10.0 Å². The Hall–Kier alpha value is -2.94. The molecule has 0 aromatic heterocycles. The number of nitrogens with one attached hydrogen (secondary N) is 1. The van der Waals surface area contributed by atoms with Gasteiger partial charge in [0.15, 0.2) is 11.5 Å². The number of hydrogen-bond acceptors (Lipinski definition) is 5. The highest BCUT2D eigenvalue weighted by molar-refractivity contribution is 7.92. The molecule has 3 aromatic rings. The van der Waals surface area contributed by atoms with E-state index < -0.39 is 22.5 Å². The van der Waals surface area contributed by atoms with Gasteiger partial charge >= 0.3 is 0 Å². The van der Waals surface area contributed by atoms with E-state index in [0.717, 1.165) is 4.31 Å². The summed E-state index contributed by atoms with van der Waals surface area (Å²) in [6, 6.07) is 17.1. The Morgan fingerprint density at radius 3 is 2.22 bits per heavy atom.